The summed E-state index contributed by atoms with van der Waals surface area (Å²) in [6, 6.07) is 2.86. The molecule has 0 aliphatic carbocycles. The zero-order valence-corrected chi connectivity index (χ0v) is 11.5. The van der Waals surface area contributed by atoms with E-state index in [-0.39, 0.29) is 17.0 Å². The summed E-state index contributed by atoms with van der Waals surface area (Å²) in [5.41, 5.74) is 0.0871. The highest BCUT2D eigenvalue weighted by atomic mass is 19.1. The molecule has 0 fully saturated rings. The summed E-state index contributed by atoms with van der Waals surface area (Å²) in [7, 11) is 1.44. The van der Waals surface area contributed by atoms with Crippen molar-refractivity contribution in [1.82, 2.24) is 10.6 Å². The SMILES string of the molecule is CNC(=O)C(C)NC(=O)c1ccc(C=CC(=O)O)c(F)c1. The van der Waals surface area contributed by atoms with Gasteiger partial charge in [0.15, 0.2) is 0 Å². The third kappa shape index (κ3) is 4.72. The van der Waals surface area contributed by atoms with Gasteiger partial charge in [0.25, 0.3) is 5.91 Å². The summed E-state index contributed by atoms with van der Waals surface area (Å²) in [6.45, 7) is 1.50. The molecule has 0 aromatic heterocycles. The number of benzene rings is 1. The number of carboxylic acids is 1. The summed E-state index contributed by atoms with van der Waals surface area (Å²) in [5.74, 6) is -2.90. The van der Waals surface area contributed by atoms with Crippen molar-refractivity contribution in [3.05, 3.63) is 41.2 Å². The summed E-state index contributed by atoms with van der Waals surface area (Å²) < 4.78 is 13.7. The molecule has 0 bridgehead atoms. The fourth-order valence-electron chi connectivity index (χ4n) is 1.53. The van der Waals surface area contributed by atoms with Gasteiger partial charge in [-0.05, 0) is 25.1 Å². The molecule has 0 saturated heterocycles. The van der Waals surface area contributed by atoms with Crippen molar-refractivity contribution in [2.24, 2.45) is 0 Å². The molecule has 2 amide bonds. The first-order chi connectivity index (χ1) is 9.85. The number of aliphatic carboxylic acids is 1. The van der Waals surface area contributed by atoms with Crippen molar-refractivity contribution in [2.75, 3.05) is 7.05 Å². The number of rotatable bonds is 5. The maximum absolute atomic E-state index is 13.7. The van der Waals surface area contributed by atoms with Gasteiger partial charge in [0.1, 0.15) is 11.9 Å². The smallest absolute Gasteiger partial charge is 0.328 e. The number of hydrogen-bond acceptors (Lipinski definition) is 3. The normalized spacial score (nSPS) is 12.0. The zero-order valence-electron chi connectivity index (χ0n) is 11.5. The number of carbonyl (C=O) groups is 3. The van der Waals surface area contributed by atoms with Crippen LogP contribution in [0, 0.1) is 5.82 Å². The van der Waals surface area contributed by atoms with Gasteiger partial charge in [-0.1, -0.05) is 6.07 Å². The van der Waals surface area contributed by atoms with Gasteiger partial charge in [-0.3, -0.25) is 9.59 Å². The Morgan fingerprint density at radius 2 is 2.00 bits per heavy atom. The summed E-state index contributed by atoms with van der Waals surface area (Å²) >= 11 is 0. The van der Waals surface area contributed by atoms with Crippen molar-refractivity contribution in [2.45, 2.75) is 13.0 Å². The maximum atomic E-state index is 13.7. The number of likely N-dealkylation sites (N-methyl/N-ethyl adjacent to an activating group) is 1. The minimum Gasteiger partial charge on any atom is -0.478 e. The second-order valence-corrected chi connectivity index (χ2v) is 4.22. The lowest BCUT2D eigenvalue weighted by Gasteiger charge is -2.12. The second kappa shape index (κ2) is 7.18. The first-order valence-electron chi connectivity index (χ1n) is 6.08. The Kier molecular flexibility index (Phi) is 5.59. The van der Waals surface area contributed by atoms with Gasteiger partial charge in [-0.15, -0.1) is 0 Å². The summed E-state index contributed by atoms with van der Waals surface area (Å²) in [4.78, 5) is 33.5. The number of halogens is 1. The van der Waals surface area contributed by atoms with Crippen molar-refractivity contribution < 1.29 is 23.9 Å². The van der Waals surface area contributed by atoms with Crippen LogP contribution < -0.4 is 10.6 Å². The van der Waals surface area contributed by atoms with Crippen LogP contribution in [0.4, 0.5) is 4.39 Å². The first kappa shape index (κ1) is 16.4. The Bertz CT molecular complexity index is 599. The lowest BCUT2D eigenvalue weighted by molar-refractivity contribution is -0.131. The number of nitrogens with one attached hydrogen (secondary N) is 2. The molecule has 0 aliphatic rings. The molecular weight excluding hydrogens is 279 g/mol. The zero-order chi connectivity index (χ0) is 16.0. The van der Waals surface area contributed by atoms with Gasteiger partial charge >= 0.3 is 5.97 Å². The van der Waals surface area contributed by atoms with Crippen LogP contribution in [0.1, 0.15) is 22.8 Å². The van der Waals surface area contributed by atoms with Crippen LogP contribution in [0.5, 0.6) is 0 Å². The van der Waals surface area contributed by atoms with E-state index in [4.69, 9.17) is 5.11 Å². The molecule has 1 aromatic carbocycles. The van der Waals surface area contributed by atoms with E-state index in [0.29, 0.717) is 0 Å². The molecule has 1 atom stereocenters. The van der Waals surface area contributed by atoms with Crippen LogP contribution >= 0.6 is 0 Å². The molecule has 0 aliphatic heterocycles. The van der Waals surface area contributed by atoms with E-state index in [1.807, 2.05) is 0 Å². The van der Waals surface area contributed by atoms with Crippen molar-refractivity contribution in [3.63, 3.8) is 0 Å². The first-order valence-corrected chi connectivity index (χ1v) is 6.08. The topological polar surface area (TPSA) is 95.5 Å². The van der Waals surface area contributed by atoms with Crippen LogP contribution in [0.2, 0.25) is 0 Å². The van der Waals surface area contributed by atoms with Crippen LogP contribution in [-0.2, 0) is 9.59 Å². The lowest BCUT2D eigenvalue weighted by atomic mass is 10.1. The highest BCUT2D eigenvalue weighted by Gasteiger charge is 2.16. The lowest BCUT2D eigenvalue weighted by Crippen LogP contribution is -2.43. The third-order valence-electron chi connectivity index (χ3n) is 2.66. The maximum Gasteiger partial charge on any atom is 0.328 e. The van der Waals surface area contributed by atoms with Gasteiger partial charge in [0.05, 0.1) is 0 Å². The van der Waals surface area contributed by atoms with Crippen molar-refractivity contribution >= 4 is 23.9 Å². The third-order valence-corrected chi connectivity index (χ3v) is 2.66. The standard InChI is InChI=1S/C14H15FN2O4/c1-8(13(20)16-2)17-14(21)10-4-3-9(11(15)7-10)5-6-12(18)19/h3-8H,1-2H3,(H,16,20)(H,17,21)(H,18,19). The van der Waals surface area contributed by atoms with Gasteiger partial charge in [-0.2, -0.15) is 0 Å². The number of carbonyl (C=O) groups excluding carboxylic acids is 2. The Morgan fingerprint density at radius 1 is 1.33 bits per heavy atom. The van der Waals surface area contributed by atoms with Crippen LogP contribution in [0.3, 0.4) is 0 Å². The van der Waals surface area contributed by atoms with Gasteiger partial charge < -0.3 is 15.7 Å². The average molecular weight is 294 g/mol. The molecule has 1 aromatic rings. The molecule has 1 rings (SSSR count). The predicted molar refractivity (Wildman–Crippen MR) is 74.1 cm³/mol. The van der Waals surface area contributed by atoms with E-state index < -0.39 is 23.7 Å². The van der Waals surface area contributed by atoms with E-state index in [0.717, 1.165) is 18.2 Å². The van der Waals surface area contributed by atoms with Crippen LogP contribution in [0.15, 0.2) is 24.3 Å². The number of amides is 2. The van der Waals surface area contributed by atoms with E-state index in [2.05, 4.69) is 10.6 Å². The Hall–Kier alpha value is -2.70. The fourth-order valence-corrected chi connectivity index (χ4v) is 1.53. The largest absolute Gasteiger partial charge is 0.478 e. The van der Waals surface area contributed by atoms with E-state index in [9.17, 15) is 18.8 Å². The van der Waals surface area contributed by atoms with Crippen molar-refractivity contribution in [1.29, 1.82) is 0 Å². The average Bonchev–Trinajstić information content (AvgIpc) is 2.44. The molecule has 0 saturated carbocycles. The van der Waals surface area contributed by atoms with Crippen LogP contribution in [0.25, 0.3) is 6.08 Å². The molecule has 21 heavy (non-hydrogen) atoms. The predicted octanol–water partition coefficient (Wildman–Crippen LogP) is 0.788. The van der Waals surface area contributed by atoms with Crippen molar-refractivity contribution in [3.8, 4) is 0 Å². The summed E-state index contributed by atoms with van der Waals surface area (Å²) in [6.07, 6.45) is 1.89. The van der Waals surface area contributed by atoms with Gasteiger partial charge in [0, 0.05) is 24.3 Å². The quantitative estimate of drug-likeness (QED) is 0.700. The molecule has 0 heterocycles. The molecule has 1 unspecified atom stereocenters. The highest BCUT2D eigenvalue weighted by Crippen LogP contribution is 2.12. The number of carboxylic acid groups (broad SMARTS) is 1. The molecule has 0 spiro atoms. The molecule has 6 nitrogen and oxygen atoms in total. The van der Waals surface area contributed by atoms with E-state index in [1.54, 1.807) is 0 Å². The fraction of sp³-hybridized carbons (Fsp3) is 0.214. The molecule has 112 valence electrons. The Balaban J connectivity index is 2.86. The molecule has 7 heteroatoms. The Labute approximate surface area is 120 Å². The molecular formula is C14H15FN2O4. The van der Waals surface area contributed by atoms with Gasteiger partial charge in [0.2, 0.25) is 5.91 Å². The number of hydrogen-bond donors (Lipinski definition) is 3. The Morgan fingerprint density at radius 3 is 2.52 bits per heavy atom. The highest BCUT2D eigenvalue weighted by molar-refractivity contribution is 5.97. The van der Waals surface area contributed by atoms with E-state index >= 15 is 0 Å². The minimum absolute atomic E-state index is 0.0377. The van der Waals surface area contributed by atoms with Crippen LogP contribution in [-0.4, -0.2) is 36.0 Å². The van der Waals surface area contributed by atoms with Gasteiger partial charge in [-0.25, -0.2) is 9.18 Å². The van der Waals surface area contributed by atoms with E-state index in [1.165, 1.54) is 26.1 Å². The second-order valence-electron chi connectivity index (χ2n) is 4.22. The monoisotopic (exact) mass is 294 g/mol. The molecule has 3 N–H and O–H groups in total. The minimum atomic E-state index is -1.20. The molecule has 0 radical (unpaired) electrons. The summed E-state index contributed by atoms with van der Waals surface area (Å²) in [5, 5.41) is 13.3.